The molecule has 0 bridgehead atoms. The molecule has 0 saturated carbocycles. The molecule has 0 aliphatic carbocycles. The number of aromatic nitrogens is 7. The maximum absolute atomic E-state index is 14.6. The quantitative estimate of drug-likeness (QED) is 0.167. The van der Waals surface area contributed by atoms with Gasteiger partial charge in [-0.25, -0.2) is 29.3 Å². The van der Waals surface area contributed by atoms with Crippen LogP contribution >= 0.6 is 11.6 Å². The van der Waals surface area contributed by atoms with Gasteiger partial charge in [0.25, 0.3) is 5.91 Å². The van der Waals surface area contributed by atoms with Gasteiger partial charge in [0, 0.05) is 54.2 Å². The number of halogens is 1. The third-order valence-corrected chi connectivity index (χ3v) is 11.2. The second kappa shape index (κ2) is 14.9. The highest BCUT2D eigenvalue weighted by Gasteiger charge is 2.31. The van der Waals surface area contributed by atoms with E-state index in [1.54, 1.807) is 29.1 Å². The van der Waals surface area contributed by atoms with Crippen molar-refractivity contribution in [2.24, 2.45) is 5.41 Å². The molecule has 7 aromatic rings. The Morgan fingerprint density at radius 1 is 0.895 bits per heavy atom. The van der Waals surface area contributed by atoms with E-state index in [9.17, 15) is 9.59 Å². The zero-order chi connectivity index (χ0) is 39.3. The Kier molecular flexibility index (Phi) is 9.62. The summed E-state index contributed by atoms with van der Waals surface area (Å²) in [5.41, 5.74) is 6.85. The normalized spacial score (nSPS) is 16.3. The molecule has 2 aliphatic heterocycles. The molecule has 2 aliphatic rings. The van der Waals surface area contributed by atoms with E-state index in [-0.39, 0.29) is 23.1 Å². The first-order chi connectivity index (χ1) is 27.6. The average molecular weight is 781 g/mol. The molecule has 0 spiro atoms. The zero-order valence-electron chi connectivity index (χ0n) is 32.4. The van der Waals surface area contributed by atoms with Gasteiger partial charge in [0.05, 0.1) is 30.7 Å². The number of carbonyl (C=O) groups is 1. The van der Waals surface area contributed by atoms with E-state index in [0.29, 0.717) is 59.6 Å². The number of amides is 1. The van der Waals surface area contributed by atoms with Gasteiger partial charge < -0.3 is 19.7 Å². The number of nitrogens with zero attached hydrogens (tertiary/aromatic N) is 9. The predicted molar refractivity (Wildman–Crippen MR) is 224 cm³/mol. The number of hydrogen-bond acceptors (Lipinski definition) is 8. The lowest BCUT2D eigenvalue weighted by Crippen LogP contribution is -2.43. The summed E-state index contributed by atoms with van der Waals surface area (Å²) in [5.74, 6) is 0.379. The van der Waals surface area contributed by atoms with E-state index in [0.717, 1.165) is 60.5 Å². The number of likely N-dealkylation sites (tertiary alicyclic amines) is 1. The molecule has 12 nitrogen and oxygen atoms in total. The predicted octanol–water partition coefficient (Wildman–Crippen LogP) is 7.65. The summed E-state index contributed by atoms with van der Waals surface area (Å²) in [4.78, 5) is 52.2. The van der Waals surface area contributed by atoms with Crippen LogP contribution in [-0.4, -0.2) is 75.5 Å². The molecule has 1 N–H and O–H groups in total. The summed E-state index contributed by atoms with van der Waals surface area (Å²) < 4.78 is 5.60. The average Bonchev–Trinajstić information content (AvgIpc) is 3.68. The lowest BCUT2D eigenvalue weighted by Gasteiger charge is -2.36. The molecule has 1 fully saturated rings. The van der Waals surface area contributed by atoms with Crippen LogP contribution in [0.4, 0.5) is 11.5 Å². The molecule has 7 heterocycles. The van der Waals surface area contributed by atoms with Crippen molar-refractivity contribution in [1.29, 1.82) is 0 Å². The van der Waals surface area contributed by atoms with Gasteiger partial charge in [0.1, 0.15) is 11.3 Å². The van der Waals surface area contributed by atoms with Gasteiger partial charge in [0.15, 0.2) is 17.1 Å². The Morgan fingerprint density at radius 2 is 1.72 bits per heavy atom. The van der Waals surface area contributed by atoms with E-state index < -0.39 is 0 Å². The summed E-state index contributed by atoms with van der Waals surface area (Å²) in [7, 11) is 0. The Bertz CT molecular complexity index is 2640. The van der Waals surface area contributed by atoms with Gasteiger partial charge >= 0.3 is 5.69 Å². The second-order valence-corrected chi connectivity index (χ2v) is 16.8. The molecule has 5 aromatic heterocycles. The van der Waals surface area contributed by atoms with Crippen LogP contribution in [0.1, 0.15) is 67.0 Å². The number of nitrogens with one attached hydrogen (secondary N) is 1. The second-order valence-electron chi connectivity index (χ2n) is 16.4. The van der Waals surface area contributed by atoms with Crippen molar-refractivity contribution in [3.8, 4) is 5.69 Å². The van der Waals surface area contributed by atoms with E-state index >= 15 is 0 Å². The van der Waals surface area contributed by atoms with Gasteiger partial charge in [-0.15, -0.1) is 0 Å². The SMILES string of the molecule is CC(C)(C)CN1CCC[C@H](n2c(=O)n(-c3ccc(C(=O)N4CCc5c(n(Cc6ccc(Cl)cc6)c6ncccc56)C4)nc3)c3ncc(Nc4ccccc4)nc32)C1. The molecule has 290 valence electrons. The molecular weight excluding hydrogens is 736 g/mol. The van der Waals surface area contributed by atoms with Crippen LogP contribution in [0.5, 0.6) is 0 Å². The summed E-state index contributed by atoms with van der Waals surface area (Å²) in [5, 5.41) is 5.14. The van der Waals surface area contributed by atoms with E-state index in [4.69, 9.17) is 26.6 Å². The number of pyridine rings is 2. The molecule has 13 heteroatoms. The standard InChI is InChI=1S/C44H45ClN10O2/c1-44(2,3)28-51-21-8-11-33(26-51)55-41-40(48-24-38(50-41)49-31-9-5-4-6-10-31)54(43(55)57)32-17-18-36(47-23-32)42(56)52-22-19-34-35-12-7-20-46-39(35)53(37(34)27-52)25-29-13-15-30(45)16-14-29/h4-7,9-10,12-18,20,23-24,33H,8,11,19,21-22,25-28H2,1-3H3,(H,49,50)/t33-/m0/s1. The number of fused-ring (bicyclic) bond motifs is 4. The van der Waals surface area contributed by atoms with Gasteiger partial charge in [-0.1, -0.05) is 62.7 Å². The lowest BCUT2D eigenvalue weighted by molar-refractivity contribution is 0.0724. The summed E-state index contributed by atoms with van der Waals surface area (Å²) in [6.45, 7) is 11.0. The number of hydrogen-bond donors (Lipinski definition) is 1. The van der Waals surface area contributed by atoms with Gasteiger partial charge in [-0.3, -0.25) is 9.36 Å². The van der Waals surface area contributed by atoms with Gasteiger partial charge in [-0.2, -0.15) is 0 Å². The molecule has 9 rings (SSSR count). The number of para-hydroxylation sites is 1. The largest absolute Gasteiger partial charge is 0.339 e. The summed E-state index contributed by atoms with van der Waals surface area (Å²) in [6, 6.07) is 25.1. The number of anilines is 2. The minimum absolute atomic E-state index is 0.0816. The van der Waals surface area contributed by atoms with Crippen LogP contribution in [0.2, 0.25) is 5.02 Å². The van der Waals surface area contributed by atoms with Gasteiger partial charge in [0.2, 0.25) is 0 Å². The monoisotopic (exact) mass is 780 g/mol. The zero-order valence-corrected chi connectivity index (χ0v) is 33.2. The molecule has 0 unspecified atom stereocenters. The van der Waals surface area contributed by atoms with Crippen molar-refractivity contribution >= 4 is 51.3 Å². The molecular formula is C44H45ClN10O2. The lowest BCUT2D eigenvalue weighted by atomic mass is 9.94. The third kappa shape index (κ3) is 7.31. The first-order valence-electron chi connectivity index (χ1n) is 19.6. The fourth-order valence-corrected chi connectivity index (χ4v) is 8.64. The highest BCUT2D eigenvalue weighted by molar-refractivity contribution is 6.30. The van der Waals surface area contributed by atoms with E-state index in [1.165, 1.54) is 5.56 Å². The molecule has 0 radical (unpaired) electrons. The van der Waals surface area contributed by atoms with Crippen LogP contribution in [0.15, 0.2) is 102 Å². The van der Waals surface area contributed by atoms with E-state index in [1.807, 2.05) is 76.3 Å². The van der Waals surface area contributed by atoms with Crippen molar-refractivity contribution in [2.45, 2.75) is 59.2 Å². The summed E-state index contributed by atoms with van der Waals surface area (Å²) in [6.07, 6.45) is 7.60. The van der Waals surface area contributed by atoms with Crippen LogP contribution < -0.4 is 11.0 Å². The number of rotatable bonds is 8. The Morgan fingerprint density at radius 3 is 2.49 bits per heavy atom. The Hall–Kier alpha value is -5.85. The fraction of sp³-hybridized carbons (Fsp3) is 0.318. The van der Waals surface area contributed by atoms with Crippen LogP contribution in [0.25, 0.3) is 28.0 Å². The number of benzene rings is 2. The molecule has 1 amide bonds. The summed E-state index contributed by atoms with van der Waals surface area (Å²) >= 11 is 6.18. The molecule has 57 heavy (non-hydrogen) atoms. The molecule has 2 aromatic carbocycles. The van der Waals surface area contributed by atoms with E-state index in [2.05, 4.69) is 46.6 Å². The number of piperidine rings is 1. The third-order valence-electron chi connectivity index (χ3n) is 10.9. The van der Waals surface area contributed by atoms with Crippen molar-refractivity contribution in [2.75, 3.05) is 31.5 Å². The number of imidazole rings is 1. The van der Waals surface area contributed by atoms with Crippen molar-refractivity contribution in [3.05, 3.63) is 135 Å². The smallest absolute Gasteiger partial charge is 0.336 e. The molecule has 1 atom stereocenters. The minimum Gasteiger partial charge on any atom is -0.339 e. The minimum atomic E-state index is -0.226. The van der Waals surface area contributed by atoms with Gasteiger partial charge in [-0.05, 0) is 90.9 Å². The topological polar surface area (TPSA) is 119 Å². The Labute approximate surface area is 335 Å². The maximum atomic E-state index is 14.6. The van der Waals surface area contributed by atoms with Crippen LogP contribution in [-0.2, 0) is 19.5 Å². The first kappa shape index (κ1) is 36.8. The Balaban J connectivity index is 1.03. The van der Waals surface area contributed by atoms with Crippen molar-refractivity contribution in [3.63, 3.8) is 0 Å². The number of carbonyl (C=O) groups excluding carboxylic acids is 1. The van der Waals surface area contributed by atoms with Crippen molar-refractivity contribution < 1.29 is 4.79 Å². The highest BCUT2D eigenvalue weighted by Crippen LogP contribution is 2.32. The van der Waals surface area contributed by atoms with Crippen LogP contribution in [0, 0.1) is 5.41 Å². The highest BCUT2D eigenvalue weighted by atomic mass is 35.5. The maximum Gasteiger partial charge on any atom is 0.336 e. The first-order valence-corrected chi connectivity index (χ1v) is 20.0. The fourth-order valence-electron chi connectivity index (χ4n) is 8.51. The van der Waals surface area contributed by atoms with Crippen LogP contribution in [0.3, 0.4) is 0 Å². The molecule has 1 saturated heterocycles. The van der Waals surface area contributed by atoms with Crippen molar-refractivity contribution in [1.82, 2.24) is 43.4 Å².